The third kappa shape index (κ3) is 3.96. The van der Waals surface area contributed by atoms with Gasteiger partial charge in [-0.25, -0.2) is 17.8 Å². The molecule has 0 unspecified atom stereocenters. The number of aromatic nitrogens is 1. The maximum Gasteiger partial charge on any atom is 0.266 e. The van der Waals surface area contributed by atoms with E-state index in [1.54, 1.807) is 5.38 Å². The number of nitrogens with zero attached hydrogens (tertiary/aromatic N) is 2. The number of aliphatic hydroxyl groups excluding tert-OH is 1. The van der Waals surface area contributed by atoms with Gasteiger partial charge in [-0.3, -0.25) is 9.62 Å². The second kappa shape index (κ2) is 7.99. The van der Waals surface area contributed by atoms with Gasteiger partial charge in [0.05, 0.1) is 17.3 Å². The molecule has 4 rings (SSSR count). The number of halogens is 2. The number of aliphatic hydroxyl groups is 1. The minimum absolute atomic E-state index is 0.0790. The molecule has 1 aromatic heterocycles. The molecule has 0 bridgehead atoms. The summed E-state index contributed by atoms with van der Waals surface area (Å²) in [6.07, 6.45) is 5.39. The number of hydrogen-bond donors (Lipinski definition) is 3. The number of thiazole rings is 1. The molecule has 3 heterocycles. The van der Waals surface area contributed by atoms with E-state index in [-0.39, 0.29) is 28.3 Å². The lowest BCUT2D eigenvalue weighted by Gasteiger charge is -2.35. The average Bonchev–Trinajstić information content (AvgIpc) is 3.38. The number of fused-ring (bicyclic) bond motifs is 1. The van der Waals surface area contributed by atoms with Gasteiger partial charge in [-0.05, 0) is 44.4 Å². The van der Waals surface area contributed by atoms with Gasteiger partial charge < -0.3 is 10.4 Å². The van der Waals surface area contributed by atoms with Crippen molar-refractivity contribution in [2.75, 3.05) is 29.7 Å². The third-order valence-corrected chi connectivity index (χ3v) is 8.30. The first kappa shape index (κ1) is 20.8. The normalized spacial score (nSPS) is 24.6. The van der Waals surface area contributed by atoms with Crippen LogP contribution in [0.5, 0.6) is 0 Å². The largest absolute Gasteiger partial charge is 0.395 e. The van der Waals surface area contributed by atoms with Crippen LogP contribution < -0.4 is 10.0 Å². The van der Waals surface area contributed by atoms with Crippen molar-refractivity contribution in [3.63, 3.8) is 0 Å². The molecule has 11 heteroatoms. The molecule has 7 nitrogen and oxygen atoms in total. The summed E-state index contributed by atoms with van der Waals surface area (Å²) in [6.45, 7) is 1.64. The maximum atomic E-state index is 14.7. The van der Waals surface area contributed by atoms with Crippen LogP contribution in [0.15, 0.2) is 28.6 Å². The predicted octanol–water partition coefficient (Wildman–Crippen LogP) is 3.14. The molecule has 0 aliphatic carbocycles. The molecule has 1 aromatic carbocycles. The lowest BCUT2D eigenvalue weighted by atomic mass is 9.94. The highest BCUT2D eigenvalue weighted by atomic mass is 35.5. The maximum absolute atomic E-state index is 14.7. The Kier molecular flexibility index (Phi) is 5.73. The lowest BCUT2D eigenvalue weighted by molar-refractivity contribution is 0.113. The molecule has 3 N–H and O–H groups in total. The smallest absolute Gasteiger partial charge is 0.266 e. The van der Waals surface area contributed by atoms with Crippen LogP contribution in [0.2, 0.25) is 5.02 Å². The number of anilines is 2. The van der Waals surface area contributed by atoms with E-state index in [1.807, 2.05) is 0 Å². The van der Waals surface area contributed by atoms with E-state index in [2.05, 4.69) is 19.9 Å². The number of sulfonamides is 1. The molecule has 2 saturated heterocycles. The van der Waals surface area contributed by atoms with Gasteiger partial charge in [-0.1, -0.05) is 11.6 Å². The van der Waals surface area contributed by atoms with Crippen LogP contribution in [-0.2, 0) is 10.0 Å². The van der Waals surface area contributed by atoms with E-state index in [4.69, 9.17) is 11.6 Å². The Balaban J connectivity index is 1.52. The van der Waals surface area contributed by atoms with E-state index >= 15 is 0 Å². The first-order chi connectivity index (χ1) is 13.8. The molecule has 0 saturated carbocycles. The Hall–Kier alpha value is -1.46. The summed E-state index contributed by atoms with van der Waals surface area (Å²) in [7, 11) is -4.14. The standard InChI is InChI=1S/C18H22ClFN4O3S2/c19-13-8-16(29(26,27)23-17-21-5-7-28-17)14(20)9-15(13)22-11-18-3-1-6-24(18)12(10-25)2-4-18/h5,7-9,12,22,25H,1-4,6,10-11H2,(H,21,23)/t12-,18+/m1/s1. The van der Waals surface area contributed by atoms with E-state index in [0.29, 0.717) is 12.2 Å². The van der Waals surface area contributed by atoms with E-state index in [9.17, 15) is 17.9 Å². The second-order valence-electron chi connectivity index (χ2n) is 7.46. The molecule has 2 aromatic rings. The molecule has 0 amide bonds. The summed E-state index contributed by atoms with van der Waals surface area (Å²) in [5.74, 6) is -0.888. The quantitative estimate of drug-likeness (QED) is 0.587. The zero-order chi connectivity index (χ0) is 20.6. The second-order valence-corrected chi connectivity index (χ2v) is 10.4. The van der Waals surface area contributed by atoms with Crippen LogP contribution in [0.25, 0.3) is 0 Å². The van der Waals surface area contributed by atoms with Gasteiger partial charge in [0, 0.05) is 29.7 Å². The van der Waals surface area contributed by atoms with Crippen molar-refractivity contribution in [3.05, 3.63) is 34.5 Å². The van der Waals surface area contributed by atoms with Crippen LogP contribution in [0.1, 0.15) is 25.7 Å². The van der Waals surface area contributed by atoms with Gasteiger partial charge in [-0.15, -0.1) is 11.3 Å². The van der Waals surface area contributed by atoms with Crippen molar-refractivity contribution in [2.45, 2.75) is 42.2 Å². The van der Waals surface area contributed by atoms with Gasteiger partial charge in [0.15, 0.2) is 5.13 Å². The zero-order valence-corrected chi connectivity index (χ0v) is 18.0. The molecule has 158 valence electrons. The highest BCUT2D eigenvalue weighted by Crippen LogP contribution is 2.42. The van der Waals surface area contributed by atoms with Gasteiger partial charge in [0.25, 0.3) is 10.0 Å². The topological polar surface area (TPSA) is 94.6 Å². The fourth-order valence-corrected chi connectivity index (χ4v) is 6.60. The molecule has 2 aliphatic heterocycles. The van der Waals surface area contributed by atoms with Crippen molar-refractivity contribution in [3.8, 4) is 0 Å². The Morgan fingerprint density at radius 3 is 2.97 bits per heavy atom. The Bertz CT molecular complexity index is 989. The summed E-state index contributed by atoms with van der Waals surface area (Å²) in [6, 6.07) is 2.40. The van der Waals surface area contributed by atoms with Crippen LogP contribution in [-0.4, -0.2) is 54.7 Å². The fourth-order valence-electron chi connectivity index (χ4n) is 4.43. The SMILES string of the molecule is O=S(=O)(Nc1nccs1)c1cc(Cl)c(NC[C@@]23CCCN2[C@@H](CO)CC3)cc1F. The van der Waals surface area contributed by atoms with E-state index in [0.717, 1.165) is 55.7 Å². The zero-order valence-electron chi connectivity index (χ0n) is 15.6. The van der Waals surface area contributed by atoms with Gasteiger partial charge >= 0.3 is 0 Å². The number of nitrogens with one attached hydrogen (secondary N) is 2. The molecular formula is C18H22ClFN4O3S2. The summed E-state index contributed by atoms with van der Waals surface area (Å²) in [5, 5.41) is 14.7. The number of benzene rings is 1. The summed E-state index contributed by atoms with van der Waals surface area (Å²) < 4.78 is 41.9. The Labute approximate surface area is 178 Å². The molecule has 2 aliphatic rings. The van der Waals surface area contributed by atoms with Gasteiger partial charge in [-0.2, -0.15) is 0 Å². The molecule has 0 radical (unpaired) electrons. The van der Waals surface area contributed by atoms with Crippen LogP contribution >= 0.6 is 22.9 Å². The number of hydrogen-bond acceptors (Lipinski definition) is 7. The summed E-state index contributed by atoms with van der Waals surface area (Å²) in [4.78, 5) is 5.66. The molecule has 0 spiro atoms. The highest BCUT2D eigenvalue weighted by Gasteiger charge is 2.48. The van der Waals surface area contributed by atoms with Crippen molar-refractivity contribution < 1.29 is 17.9 Å². The molecular weight excluding hydrogens is 439 g/mol. The lowest BCUT2D eigenvalue weighted by Crippen LogP contribution is -2.48. The average molecular weight is 461 g/mol. The fraction of sp³-hybridized carbons (Fsp3) is 0.500. The first-order valence-electron chi connectivity index (χ1n) is 9.37. The minimum atomic E-state index is -4.14. The van der Waals surface area contributed by atoms with Gasteiger partial charge in [0.2, 0.25) is 0 Å². The van der Waals surface area contributed by atoms with Crippen molar-refractivity contribution in [1.29, 1.82) is 0 Å². The minimum Gasteiger partial charge on any atom is -0.395 e. The first-order valence-corrected chi connectivity index (χ1v) is 12.1. The monoisotopic (exact) mass is 460 g/mol. The van der Waals surface area contributed by atoms with E-state index in [1.165, 1.54) is 6.20 Å². The summed E-state index contributed by atoms with van der Waals surface area (Å²) in [5.41, 5.74) is 0.274. The Morgan fingerprint density at radius 2 is 2.24 bits per heavy atom. The van der Waals surface area contributed by atoms with Crippen LogP contribution in [0.3, 0.4) is 0 Å². The predicted molar refractivity (Wildman–Crippen MR) is 112 cm³/mol. The third-order valence-electron chi connectivity index (χ3n) is 5.82. The number of rotatable bonds is 7. The van der Waals surface area contributed by atoms with E-state index < -0.39 is 20.7 Å². The highest BCUT2D eigenvalue weighted by molar-refractivity contribution is 7.93. The Morgan fingerprint density at radius 1 is 1.41 bits per heavy atom. The molecule has 2 atom stereocenters. The molecule has 2 fully saturated rings. The van der Waals surface area contributed by atoms with Crippen molar-refractivity contribution in [2.24, 2.45) is 0 Å². The van der Waals surface area contributed by atoms with Crippen LogP contribution in [0, 0.1) is 5.82 Å². The summed E-state index contributed by atoms with van der Waals surface area (Å²) >= 11 is 7.38. The van der Waals surface area contributed by atoms with Gasteiger partial charge in [0.1, 0.15) is 10.7 Å². The van der Waals surface area contributed by atoms with Crippen molar-refractivity contribution in [1.82, 2.24) is 9.88 Å². The van der Waals surface area contributed by atoms with Crippen molar-refractivity contribution >= 4 is 43.8 Å². The molecule has 29 heavy (non-hydrogen) atoms. The van der Waals surface area contributed by atoms with Crippen LogP contribution in [0.4, 0.5) is 15.2 Å².